The van der Waals surface area contributed by atoms with Crippen LogP contribution in [0.3, 0.4) is 0 Å². The van der Waals surface area contributed by atoms with Crippen LogP contribution in [0.4, 0.5) is 5.69 Å². The van der Waals surface area contributed by atoms with Crippen molar-refractivity contribution in [3.8, 4) is 5.75 Å². The average Bonchev–Trinajstić information content (AvgIpc) is 1.96. The summed E-state index contributed by atoms with van der Waals surface area (Å²) in [6, 6.07) is 3.35. The summed E-state index contributed by atoms with van der Waals surface area (Å²) >= 11 is 0. The van der Waals surface area contributed by atoms with E-state index in [0.717, 1.165) is 5.56 Å². The Morgan fingerprint density at radius 1 is 1.33 bits per heavy atom. The molecule has 0 saturated carbocycles. The van der Waals surface area contributed by atoms with Crippen LogP contribution in [0, 0.1) is 18.8 Å². The first-order valence-corrected chi connectivity index (χ1v) is 3.28. The second kappa shape index (κ2) is 4.24. The zero-order chi connectivity index (χ0) is 8.43. The van der Waals surface area contributed by atoms with Gasteiger partial charge in [0.2, 0.25) is 0 Å². The number of nitrogens with zero attached hydrogens (tertiary/aromatic N) is 1. The van der Waals surface area contributed by atoms with Gasteiger partial charge < -0.3 is 5.11 Å². The summed E-state index contributed by atoms with van der Waals surface area (Å²) in [6.45, 7) is 3.58. The number of phenolic OH excluding ortho intramolecular Hbond substituents is 1. The van der Waals surface area contributed by atoms with Gasteiger partial charge in [0, 0.05) is 0 Å². The van der Waals surface area contributed by atoms with Gasteiger partial charge in [-0.1, -0.05) is 6.07 Å². The molecule has 0 aliphatic rings. The fraction of sp³-hybridized carbons (Fsp3) is 0.250. The minimum atomic E-state index is -0.0226. The Kier molecular flexibility index (Phi) is 3.93. The Balaban J connectivity index is 0.00000121. The molecule has 1 aromatic carbocycles. The van der Waals surface area contributed by atoms with Crippen LogP contribution in [0.25, 0.3) is 0 Å². The van der Waals surface area contributed by atoms with Gasteiger partial charge in [-0.25, -0.2) is 0 Å². The first-order chi connectivity index (χ1) is 5.15. The van der Waals surface area contributed by atoms with E-state index in [1.54, 1.807) is 19.1 Å². The molecular formula is C8H9CuNO2+2. The normalized spacial score (nSPS) is 8.83. The molecule has 1 N–H and O–H groups in total. The molecule has 0 aliphatic heterocycles. The summed E-state index contributed by atoms with van der Waals surface area (Å²) < 4.78 is 0. The topological polar surface area (TPSA) is 49.7 Å². The number of phenols is 1. The largest absolute Gasteiger partial charge is 2.00 e. The Bertz CT molecular complexity index is 299. The minimum Gasteiger partial charge on any atom is -0.505 e. The quantitative estimate of drug-likeness (QED) is 0.577. The first-order valence-electron chi connectivity index (χ1n) is 3.28. The molecule has 0 bridgehead atoms. The number of aromatic hydroxyl groups is 1. The second-order valence-corrected chi connectivity index (χ2v) is 2.54. The molecule has 12 heavy (non-hydrogen) atoms. The van der Waals surface area contributed by atoms with Crippen LogP contribution in [-0.2, 0) is 17.1 Å². The number of nitroso groups, excluding NO2 is 1. The van der Waals surface area contributed by atoms with Crippen LogP contribution in [0.5, 0.6) is 5.75 Å². The van der Waals surface area contributed by atoms with Gasteiger partial charge in [0.1, 0.15) is 11.4 Å². The molecule has 1 radical (unpaired) electrons. The van der Waals surface area contributed by atoms with Crippen molar-refractivity contribution in [2.75, 3.05) is 0 Å². The molecular weight excluding hydrogens is 206 g/mol. The maximum Gasteiger partial charge on any atom is 2.00 e. The molecule has 1 rings (SSSR count). The molecule has 3 nitrogen and oxygen atoms in total. The van der Waals surface area contributed by atoms with Crippen LogP contribution in [0.2, 0.25) is 0 Å². The van der Waals surface area contributed by atoms with Crippen molar-refractivity contribution in [1.29, 1.82) is 0 Å². The summed E-state index contributed by atoms with van der Waals surface area (Å²) in [6.07, 6.45) is 0. The van der Waals surface area contributed by atoms with E-state index in [1.807, 2.05) is 6.92 Å². The average molecular weight is 215 g/mol. The maximum atomic E-state index is 10.1. The van der Waals surface area contributed by atoms with Crippen molar-refractivity contribution in [2.45, 2.75) is 13.8 Å². The van der Waals surface area contributed by atoms with Crippen molar-refractivity contribution in [3.05, 3.63) is 28.2 Å². The van der Waals surface area contributed by atoms with E-state index in [2.05, 4.69) is 5.18 Å². The molecule has 0 saturated heterocycles. The van der Waals surface area contributed by atoms with Gasteiger partial charge in [-0.15, -0.1) is 4.91 Å². The van der Waals surface area contributed by atoms with E-state index in [1.165, 1.54) is 0 Å². The molecule has 0 amide bonds. The molecule has 4 heteroatoms. The molecule has 0 fully saturated rings. The molecule has 0 spiro atoms. The van der Waals surface area contributed by atoms with Crippen LogP contribution < -0.4 is 0 Å². The Labute approximate surface area is 81.2 Å². The summed E-state index contributed by atoms with van der Waals surface area (Å²) in [4.78, 5) is 10.1. The van der Waals surface area contributed by atoms with Crippen LogP contribution in [-0.4, -0.2) is 5.11 Å². The Morgan fingerprint density at radius 3 is 2.42 bits per heavy atom. The number of hydrogen-bond donors (Lipinski definition) is 1. The van der Waals surface area contributed by atoms with E-state index in [-0.39, 0.29) is 28.5 Å². The molecule has 0 unspecified atom stereocenters. The third-order valence-electron chi connectivity index (χ3n) is 1.52. The standard InChI is InChI=1S/C8H9NO2.Cu/c1-5-3-6(2)8(10)7(4-5)9-11;/h3-4,10H,1-2H3;/q;+2. The SMILES string of the molecule is Cc1cc(C)c(O)c(N=O)c1.[Cu+2]. The van der Waals surface area contributed by atoms with Gasteiger partial charge in [0.15, 0.2) is 0 Å². The van der Waals surface area contributed by atoms with Crippen LogP contribution in [0.15, 0.2) is 17.3 Å². The Morgan fingerprint density at radius 2 is 1.92 bits per heavy atom. The smallest absolute Gasteiger partial charge is 0.505 e. The van der Waals surface area contributed by atoms with Gasteiger partial charge in [-0.05, 0) is 36.2 Å². The van der Waals surface area contributed by atoms with Crippen LogP contribution >= 0.6 is 0 Å². The summed E-state index contributed by atoms with van der Waals surface area (Å²) in [5.41, 5.74) is 1.72. The third-order valence-corrected chi connectivity index (χ3v) is 1.52. The van der Waals surface area contributed by atoms with Gasteiger partial charge in [-0.3, -0.25) is 0 Å². The zero-order valence-corrected chi connectivity index (χ0v) is 7.70. The first kappa shape index (κ1) is 11.1. The van der Waals surface area contributed by atoms with Gasteiger partial charge in [-0.2, -0.15) is 0 Å². The number of rotatable bonds is 1. The Hall–Kier alpha value is -0.861. The van der Waals surface area contributed by atoms with Crippen molar-refractivity contribution in [2.24, 2.45) is 5.18 Å². The van der Waals surface area contributed by atoms with Crippen molar-refractivity contribution in [1.82, 2.24) is 0 Å². The van der Waals surface area contributed by atoms with Gasteiger partial charge >= 0.3 is 17.1 Å². The van der Waals surface area contributed by atoms with Gasteiger partial charge in [0.05, 0.1) is 0 Å². The summed E-state index contributed by atoms with van der Waals surface area (Å²) in [5, 5.41) is 11.9. The fourth-order valence-electron chi connectivity index (χ4n) is 1.01. The number of benzene rings is 1. The second-order valence-electron chi connectivity index (χ2n) is 2.54. The molecule has 0 aromatic heterocycles. The molecule has 0 atom stereocenters. The minimum absolute atomic E-state index is 0. The van der Waals surface area contributed by atoms with Crippen LogP contribution in [0.1, 0.15) is 11.1 Å². The third kappa shape index (κ3) is 2.06. The molecule has 67 valence electrons. The van der Waals surface area contributed by atoms with E-state index in [4.69, 9.17) is 0 Å². The number of hydrogen-bond acceptors (Lipinski definition) is 3. The van der Waals surface area contributed by atoms with Crippen molar-refractivity contribution >= 4 is 5.69 Å². The molecule has 0 heterocycles. The summed E-state index contributed by atoms with van der Waals surface area (Å²) in [5.74, 6) is -0.0226. The van der Waals surface area contributed by atoms with Crippen molar-refractivity contribution < 1.29 is 22.2 Å². The monoisotopic (exact) mass is 214 g/mol. The van der Waals surface area contributed by atoms with E-state index >= 15 is 0 Å². The van der Waals surface area contributed by atoms with Crippen molar-refractivity contribution in [3.63, 3.8) is 0 Å². The van der Waals surface area contributed by atoms with Gasteiger partial charge in [0.25, 0.3) is 0 Å². The maximum absolute atomic E-state index is 10.1. The molecule has 1 aromatic rings. The predicted molar refractivity (Wildman–Crippen MR) is 43.0 cm³/mol. The predicted octanol–water partition coefficient (Wildman–Crippen LogP) is 2.40. The zero-order valence-electron chi connectivity index (χ0n) is 6.76. The molecule has 0 aliphatic carbocycles. The fourth-order valence-corrected chi connectivity index (χ4v) is 1.01. The number of aryl methyl sites for hydroxylation is 2. The van der Waals surface area contributed by atoms with E-state index in [0.29, 0.717) is 5.56 Å². The van der Waals surface area contributed by atoms with E-state index in [9.17, 15) is 10.0 Å². The van der Waals surface area contributed by atoms with E-state index < -0.39 is 0 Å². The summed E-state index contributed by atoms with van der Waals surface area (Å²) in [7, 11) is 0.